The molecular formula is C18H34N2OS. The molecule has 2 aliphatic rings. The van der Waals surface area contributed by atoms with Gasteiger partial charge in [0.05, 0.1) is 0 Å². The molecule has 128 valence electrons. The maximum absolute atomic E-state index is 11.3. The maximum Gasteiger partial charge on any atom is 0.188 e. The van der Waals surface area contributed by atoms with E-state index in [1.807, 2.05) is 6.26 Å². The van der Waals surface area contributed by atoms with Crippen molar-refractivity contribution in [2.24, 2.45) is 11.8 Å². The topological polar surface area (TPSA) is 23.6 Å². The first-order chi connectivity index (χ1) is 10.6. The summed E-state index contributed by atoms with van der Waals surface area (Å²) in [5.74, 6) is 1.80. The second-order valence-electron chi connectivity index (χ2n) is 7.37. The van der Waals surface area contributed by atoms with Crippen molar-refractivity contribution >= 4 is 16.9 Å². The molecule has 0 spiro atoms. The lowest BCUT2D eigenvalue weighted by Gasteiger charge is -2.42. The zero-order valence-electron chi connectivity index (χ0n) is 14.7. The van der Waals surface area contributed by atoms with Crippen LogP contribution >= 0.6 is 11.8 Å². The lowest BCUT2D eigenvalue weighted by Crippen LogP contribution is -2.48. The first-order valence-corrected chi connectivity index (χ1v) is 10.4. The highest BCUT2D eigenvalue weighted by molar-refractivity contribution is 8.13. The third kappa shape index (κ3) is 5.54. The predicted octanol–water partition coefficient (Wildman–Crippen LogP) is 3.49. The molecule has 0 saturated carbocycles. The van der Waals surface area contributed by atoms with Gasteiger partial charge in [0.15, 0.2) is 5.12 Å². The van der Waals surface area contributed by atoms with E-state index in [-0.39, 0.29) is 0 Å². The number of thioether (sulfide) groups is 1. The lowest BCUT2D eigenvalue weighted by molar-refractivity contribution is -0.111. The minimum absolute atomic E-state index is 0.336. The molecule has 0 bridgehead atoms. The molecule has 2 fully saturated rings. The van der Waals surface area contributed by atoms with E-state index in [2.05, 4.69) is 23.6 Å². The quantitative estimate of drug-likeness (QED) is 0.745. The molecule has 0 unspecified atom stereocenters. The third-order valence-corrected chi connectivity index (χ3v) is 6.33. The van der Waals surface area contributed by atoms with Crippen LogP contribution in [0, 0.1) is 11.8 Å². The Kier molecular flexibility index (Phi) is 7.72. The van der Waals surface area contributed by atoms with Crippen molar-refractivity contribution in [1.82, 2.24) is 9.80 Å². The highest BCUT2D eigenvalue weighted by Crippen LogP contribution is 2.28. The first-order valence-electron chi connectivity index (χ1n) is 9.13. The molecule has 2 aliphatic heterocycles. The highest BCUT2D eigenvalue weighted by atomic mass is 32.2. The molecule has 2 saturated heterocycles. The molecule has 4 heteroatoms. The second kappa shape index (κ2) is 9.29. The number of hydrogen-bond donors (Lipinski definition) is 0. The van der Waals surface area contributed by atoms with E-state index in [0.717, 1.165) is 37.3 Å². The normalized spacial score (nSPS) is 23.3. The molecule has 0 aliphatic carbocycles. The van der Waals surface area contributed by atoms with Gasteiger partial charge in [0.2, 0.25) is 0 Å². The Hall–Kier alpha value is -0.0600. The summed E-state index contributed by atoms with van der Waals surface area (Å²) in [6.45, 7) is 10.9. The summed E-state index contributed by atoms with van der Waals surface area (Å²) in [5, 5.41) is 0.336. The van der Waals surface area contributed by atoms with Crippen molar-refractivity contribution in [3.63, 3.8) is 0 Å². The van der Waals surface area contributed by atoms with Crippen LogP contribution in [0.2, 0.25) is 0 Å². The number of piperidine rings is 2. The van der Waals surface area contributed by atoms with Crippen LogP contribution in [0.3, 0.4) is 0 Å². The number of nitrogens with zero attached hydrogens (tertiary/aromatic N) is 2. The Labute approximate surface area is 141 Å². The van der Waals surface area contributed by atoms with Crippen LogP contribution in [-0.2, 0) is 4.79 Å². The Morgan fingerprint density at radius 2 is 1.73 bits per heavy atom. The molecule has 0 N–H and O–H groups in total. The molecule has 0 radical (unpaired) electrons. The SMILES string of the molecule is CSC(=O)CCCN1CCC(N2CCC(C(C)C)CC2)CC1. The van der Waals surface area contributed by atoms with Gasteiger partial charge in [-0.3, -0.25) is 4.79 Å². The Morgan fingerprint density at radius 3 is 2.27 bits per heavy atom. The summed E-state index contributed by atoms with van der Waals surface area (Å²) in [6.07, 6.45) is 9.10. The molecule has 0 amide bonds. The van der Waals surface area contributed by atoms with Crippen LogP contribution in [0.4, 0.5) is 0 Å². The van der Waals surface area contributed by atoms with Crippen LogP contribution in [-0.4, -0.2) is 59.9 Å². The van der Waals surface area contributed by atoms with Gasteiger partial charge < -0.3 is 9.80 Å². The second-order valence-corrected chi connectivity index (χ2v) is 8.23. The Balaban J connectivity index is 1.62. The molecule has 0 atom stereocenters. The predicted molar refractivity (Wildman–Crippen MR) is 96.4 cm³/mol. The number of carbonyl (C=O) groups excluding carboxylic acids is 1. The van der Waals surface area contributed by atoms with E-state index >= 15 is 0 Å². The van der Waals surface area contributed by atoms with Gasteiger partial charge in [0.1, 0.15) is 0 Å². The van der Waals surface area contributed by atoms with Gasteiger partial charge in [-0.1, -0.05) is 25.6 Å². The smallest absolute Gasteiger partial charge is 0.188 e. The average Bonchev–Trinajstić information content (AvgIpc) is 2.55. The molecule has 22 heavy (non-hydrogen) atoms. The monoisotopic (exact) mass is 326 g/mol. The van der Waals surface area contributed by atoms with E-state index in [1.165, 1.54) is 63.6 Å². The van der Waals surface area contributed by atoms with Crippen molar-refractivity contribution in [2.45, 2.75) is 58.4 Å². The van der Waals surface area contributed by atoms with Gasteiger partial charge >= 0.3 is 0 Å². The van der Waals surface area contributed by atoms with Crippen molar-refractivity contribution < 1.29 is 4.79 Å². The summed E-state index contributed by atoms with van der Waals surface area (Å²) in [6, 6.07) is 0.817. The Morgan fingerprint density at radius 1 is 1.09 bits per heavy atom. The average molecular weight is 327 g/mol. The lowest BCUT2D eigenvalue weighted by atomic mass is 9.85. The van der Waals surface area contributed by atoms with Gasteiger partial charge in [-0.25, -0.2) is 0 Å². The van der Waals surface area contributed by atoms with Crippen LogP contribution in [0.1, 0.15) is 52.4 Å². The van der Waals surface area contributed by atoms with E-state index in [9.17, 15) is 4.79 Å². The van der Waals surface area contributed by atoms with Gasteiger partial charge in [-0.2, -0.15) is 0 Å². The standard InChI is InChI=1S/C18H34N2OS/c1-15(2)16-6-13-20(14-7-16)17-8-11-19(12-9-17)10-4-5-18(21)22-3/h15-17H,4-14H2,1-3H3. The molecule has 2 rings (SSSR count). The van der Waals surface area contributed by atoms with Crippen LogP contribution < -0.4 is 0 Å². The number of likely N-dealkylation sites (tertiary alicyclic amines) is 2. The van der Waals surface area contributed by atoms with Crippen molar-refractivity contribution in [2.75, 3.05) is 39.0 Å². The zero-order chi connectivity index (χ0) is 15.9. The number of carbonyl (C=O) groups is 1. The van der Waals surface area contributed by atoms with Crippen molar-refractivity contribution in [3.8, 4) is 0 Å². The number of hydrogen-bond acceptors (Lipinski definition) is 4. The largest absolute Gasteiger partial charge is 0.303 e. The van der Waals surface area contributed by atoms with Crippen LogP contribution in [0.15, 0.2) is 0 Å². The van der Waals surface area contributed by atoms with Crippen LogP contribution in [0.25, 0.3) is 0 Å². The molecule has 0 aromatic rings. The van der Waals surface area contributed by atoms with E-state index in [4.69, 9.17) is 0 Å². The first kappa shape index (κ1) is 18.3. The zero-order valence-corrected chi connectivity index (χ0v) is 15.5. The fraction of sp³-hybridized carbons (Fsp3) is 0.944. The van der Waals surface area contributed by atoms with Crippen LogP contribution in [0.5, 0.6) is 0 Å². The third-order valence-electron chi connectivity index (χ3n) is 5.67. The van der Waals surface area contributed by atoms with Gasteiger partial charge in [-0.15, -0.1) is 0 Å². The molecule has 3 nitrogen and oxygen atoms in total. The molecule has 2 heterocycles. The minimum Gasteiger partial charge on any atom is -0.303 e. The Bertz CT molecular complexity index is 332. The summed E-state index contributed by atoms with van der Waals surface area (Å²) >= 11 is 1.37. The maximum atomic E-state index is 11.3. The van der Waals surface area contributed by atoms with E-state index in [1.54, 1.807) is 0 Å². The molecule has 0 aromatic carbocycles. The van der Waals surface area contributed by atoms with Gasteiger partial charge in [0.25, 0.3) is 0 Å². The van der Waals surface area contributed by atoms with E-state index < -0.39 is 0 Å². The summed E-state index contributed by atoms with van der Waals surface area (Å²) in [7, 11) is 0. The van der Waals surface area contributed by atoms with Gasteiger partial charge in [-0.05, 0) is 82.9 Å². The summed E-state index contributed by atoms with van der Waals surface area (Å²) < 4.78 is 0. The number of rotatable bonds is 6. The molecular weight excluding hydrogens is 292 g/mol. The fourth-order valence-corrected chi connectivity index (χ4v) is 4.36. The van der Waals surface area contributed by atoms with Crippen molar-refractivity contribution in [3.05, 3.63) is 0 Å². The summed E-state index contributed by atoms with van der Waals surface area (Å²) in [4.78, 5) is 16.6. The summed E-state index contributed by atoms with van der Waals surface area (Å²) in [5.41, 5.74) is 0. The van der Waals surface area contributed by atoms with Gasteiger partial charge in [0, 0.05) is 12.5 Å². The fourth-order valence-electron chi connectivity index (χ4n) is 4.01. The molecule has 0 aromatic heterocycles. The van der Waals surface area contributed by atoms with Crippen molar-refractivity contribution in [1.29, 1.82) is 0 Å². The van der Waals surface area contributed by atoms with E-state index in [0.29, 0.717) is 5.12 Å². The minimum atomic E-state index is 0.336. The highest BCUT2D eigenvalue weighted by Gasteiger charge is 2.28.